The molecule has 1 fully saturated rings. The van der Waals surface area contributed by atoms with Crippen LogP contribution in [0.1, 0.15) is 24.8 Å². The van der Waals surface area contributed by atoms with Gasteiger partial charge in [0.1, 0.15) is 5.75 Å². The minimum atomic E-state index is -3.76. The summed E-state index contributed by atoms with van der Waals surface area (Å²) in [5.41, 5.74) is 1.06. The minimum absolute atomic E-state index is 0. The fourth-order valence-electron chi connectivity index (χ4n) is 3.04. The number of methoxy groups -OCH3 is 1. The van der Waals surface area contributed by atoms with E-state index < -0.39 is 21.2 Å². The Morgan fingerprint density at radius 1 is 1.31 bits per heavy atom. The molecule has 0 bridgehead atoms. The molecule has 1 aromatic rings. The van der Waals surface area contributed by atoms with Gasteiger partial charge in [-0.2, -0.15) is 0 Å². The summed E-state index contributed by atoms with van der Waals surface area (Å²) >= 11 is 0. The number of hydrogen-bond acceptors (Lipinski definition) is 5. The van der Waals surface area contributed by atoms with Crippen LogP contribution in [0.4, 0.5) is 0 Å². The van der Waals surface area contributed by atoms with Gasteiger partial charge in [0, 0.05) is 32.6 Å². The largest absolute Gasteiger partial charge is 0.497 e. The van der Waals surface area contributed by atoms with E-state index in [2.05, 4.69) is 10.0 Å². The molecule has 7 nitrogen and oxygen atoms in total. The highest BCUT2D eigenvalue weighted by Gasteiger charge is 2.35. The molecule has 1 aliphatic rings. The molecule has 2 rings (SSSR count). The summed E-state index contributed by atoms with van der Waals surface area (Å²) in [4.78, 5) is 13.3. The topological polar surface area (TPSA) is 87.7 Å². The molecule has 0 aromatic heterocycles. The number of carbonyl (C=O) groups excluding carboxylic acids is 1. The monoisotopic (exact) mass is 405 g/mol. The molecule has 1 saturated heterocycles. The number of halogens is 1. The smallest absolute Gasteiger partial charge is 0.241 e. The van der Waals surface area contributed by atoms with Crippen LogP contribution in [0, 0.1) is 0 Å². The summed E-state index contributed by atoms with van der Waals surface area (Å²) in [6, 6.07) is 7.38. The zero-order valence-corrected chi connectivity index (χ0v) is 17.2. The Morgan fingerprint density at radius 3 is 2.46 bits per heavy atom. The number of carbonyl (C=O) groups is 1. The predicted octanol–water partition coefficient (Wildman–Crippen LogP) is 0.959. The third-order valence-electron chi connectivity index (χ3n) is 4.60. The number of nitrogens with one attached hydrogen (secondary N) is 2. The van der Waals surface area contributed by atoms with Crippen molar-refractivity contribution in [1.29, 1.82) is 0 Å². The van der Waals surface area contributed by atoms with Crippen molar-refractivity contribution in [3.63, 3.8) is 0 Å². The summed E-state index contributed by atoms with van der Waals surface area (Å²) in [5, 5.41) is 2.10. The molecule has 1 aromatic carbocycles. The lowest BCUT2D eigenvalue weighted by Crippen LogP contribution is -2.53. The Kier molecular flexibility index (Phi) is 8.33. The Hall–Kier alpha value is -1.35. The number of ether oxygens (including phenoxy) is 1. The molecule has 148 valence electrons. The quantitative estimate of drug-likeness (QED) is 0.736. The maximum atomic E-state index is 12.6. The predicted molar refractivity (Wildman–Crippen MR) is 104 cm³/mol. The van der Waals surface area contributed by atoms with E-state index >= 15 is 0 Å². The first-order valence-electron chi connectivity index (χ1n) is 8.33. The second-order valence-electron chi connectivity index (χ2n) is 6.52. The van der Waals surface area contributed by atoms with Crippen LogP contribution >= 0.6 is 12.4 Å². The van der Waals surface area contributed by atoms with Gasteiger partial charge in [0.2, 0.25) is 15.9 Å². The number of piperidine rings is 1. The average molecular weight is 406 g/mol. The minimum Gasteiger partial charge on any atom is -0.497 e. The first kappa shape index (κ1) is 22.7. The first-order chi connectivity index (χ1) is 11.8. The lowest BCUT2D eigenvalue weighted by atomic mass is 9.86. The van der Waals surface area contributed by atoms with E-state index in [1.54, 1.807) is 21.2 Å². The van der Waals surface area contributed by atoms with Crippen molar-refractivity contribution in [2.75, 3.05) is 34.3 Å². The molecule has 1 heterocycles. The Balaban J connectivity index is 0.00000338. The summed E-state index contributed by atoms with van der Waals surface area (Å²) in [5.74, 6) is 0.376. The van der Waals surface area contributed by atoms with Gasteiger partial charge in [0.25, 0.3) is 0 Å². The molecule has 3 atom stereocenters. The van der Waals surface area contributed by atoms with Gasteiger partial charge in [-0.3, -0.25) is 4.79 Å². The molecule has 26 heavy (non-hydrogen) atoms. The number of rotatable bonds is 6. The molecular weight excluding hydrogens is 378 g/mol. The fraction of sp³-hybridized carbons (Fsp3) is 0.588. The van der Waals surface area contributed by atoms with Crippen LogP contribution in [0.25, 0.3) is 0 Å². The van der Waals surface area contributed by atoms with Crippen molar-refractivity contribution < 1.29 is 17.9 Å². The summed E-state index contributed by atoms with van der Waals surface area (Å²) in [7, 11) is 0.951. The highest BCUT2D eigenvalue weighted by atomic mass is 35.5. The molecular formula is C17H28ClN3O4S. The lowest BCUT2D eigenvalue weighted by Gasteiger charge is -2.33. The zero-order valence-electron chi connectivity index (χ0n) is 15.6. The van der Waals surface area contributed by atoms with E-state index in [1.807, 2.05) is 24.3 Å². The number of benzene rings is 1. The second kappa shape index (κ2) is 9.55. The van der Waals surface area contributed by atoms with Gasteiger partial charge in [-0.25, -0.2) is 13.1 Å². The normalized spacial score (nSPS) is 21.4. The Labute approximate surface area is 161 Å². The van der Waals surface area contributed by atoms with Gasteiger partial charge >= 0.3 is 0 Å². The van der Waals surface area contributed by atoms with Crippen molar-refractivity contribution in [2.45, 2.75) is 30.6 Å². The van der Waals surface area contributed by atoms with Crippen molar-refractivity contribution in [2.24, 2.45) is 0 Å². The number of sulfonamides is 1. The second-order valence-corrected chi connectivity index (χ2v) is 8.55. The van der Waals surface area contributed by atoms with Gasteiger partial charge < -0.3 is 15.0 Å². The third kappa shape index (κ3) is 5.33. The van der Waals surface area contributed by atoms with E-state index in [-0.39, 0.29) is 24.4 Å². The van der Waals surface area contributed by atoms with Crippen LogP contribution in [0.5, 0.6) is 5.75 Å². The molecule has 1 aliphatic heterocycles. The van der Waals surface area contributed by atoms with Crippen LogP contribution in [-0.2, 0) is 14.8 Å². The van der Waals surface area contributed by atoms with Gasteiger partial charge in [0.15, 0.2) is 5.25 Å². The number of amides is 1. The molecule has 9 heteroatoms. The highest BCUT2D eigenvalue weighted by molar-refractivity contribution is 7.90. The van der Waals surface area contributed by atoms with Crippen LogP contribution in [-0.4, -0.2) is 64.8 Å². The van der Waals surface area contributed by atoms with Gasteiger partial charge in [0.05, 0.1) is 7.11 Å². The van der Waals surface area contributed by atoms with Crippen LogP contribution in [0.2, 0.25) is 0 Å². The van der Waals surface area contributed by atoms with Gasteiger partial charge in [-0.15, -0.1) is 12.4 Å². The van der Waals surface area contributed by atoms with Gasteiger partial charge in [-0.05, 0) is 37.6 Å². The first-order valence-corrected chi connectivity index (χ1v) is 9.88. The van der Waals surface area contributed by atoms with E-state index in [0.717, 1.165) is 24.3 Å². The van der Waals surface area contributed by atoms with E-state index in [1.165, 1.54) is 11.8 Å². The van der Waals surface area contributed by atoms with E-state index in [4.69, 9.17) is 4.74 Å². The van der Waals surface area contributed by atoms with Crippen molar-refractivity contribution in [3.05, 3.63) is 29.8 Å². The summed E-state index contributed by atoms with van der Waals surface area (Å²) < 4.78 is 33.1. The Bertz CT molecular complexity index is 694. The average Bonchev–Trinajstić information content (AvgIpc) is 2.60. The molecule has 3 unspecified atom stereocenters. The van der Waals surface area contributed by atoms with Crippen molar-refractivity contribution in [1.82, 2.24) is 14.9 Å². The van der Waals surface area contributed by atoms with E-state index in [0.29, 0.717) is 6.54 Å². The van der Waals surface area contributed by atoms with Crippen LogP contribution < -0.4 is 14.8 Å². The lowest BCUT2D eigenvalue weighted by molar-refractivity contribution is -0.127. The maximum Gasteiger partial charge on any atom is 0.241 e. The highest BCUT2D eigenvalue weighted by Crippen LogP contribution is 2.28. The molecule has 1 amide bonds. The van der Waals surface area contributed by atoms with Crippen molar-refractivity contribution in [3.8, 4) is 5.75 Å². The summed E-state index contributed by atoms with van der Waals surface area (Å²) in [6.07, 6.45) is 0.815. The van der Waals surface area contributed by atoms with Crippen LogP contribution in [0.15, 0.2) is 24.3 Å². The molecule has 0 saturated carbocycles. The number of nitrogens with zero attached hydrogens (tertiary/aromatic N) is 1. The van der Waals surface area contributed by atoms with Gasteiger partial charge in [-0.1, -0.05) is 12.1 Å². The molecule has 0 radical (unpaired) electrons. The summed E-state index contributed by atoms with van der Waals surface area (Å²) in [6.45, 7) is 2.77. The Morgan fingerprint density at radius 2 is 1.92 bits per heavy atom. The van der Waals surface area contributed by atoms with Crippen molar-refractivity contribution >= 4 is 28.3 Å². The molecule has 0 spiro atoms. The maximum absolute atomic E-state index is 12.6. The number of hydrogen-bond donors (Lipinski definition) is 2. The molecule has 2 N–H and O–H groups in total. The van der Waals surface area contributed by atoms with E-state index in [9.17, 15) is 13.2 Å². The standard InChI is InChI=1S/C17H27N3O4S.ClH/c1-12(17(21)20(2)3)25(22,23)19-16-11-18-10-9-15(16)13-5-7-14(24-4)8-6-13;/h5-8,12,15-16,18-19H,9-11H2,1-4H3;1H. The molecule has 0 aliphatic carbocycles. The van der Waals surface area contributed by atoms with Crippen LogP contribution in [0.3, 0.4) is 0 Å². The fourth-order valence-corrected chi connectivity index (χ4v) is 4.39. The third-order valence-corrected chi connectivity index (χ3v) is 6.36. The zero-order chi connectivity index (χ0) is 18.6. The SMILES string of the molecule is COc1ccc(C2CCNCC2NS(=O)(=O)C(C)C(=O)N(C)C)cc1.Cl.